The number of aliphatic hydroxyl groups excluding tert-OH is 1. The van der Waals surface area contributed by atoms with E-state index < -0.39 is 11.4 Å². The van der Waals surface area contributed by atoms with Gasteiger partial charge in [-0.1, -0.05) is 0 Å². The number of ether oxygens (including phenoxy) is 1. The van der Waals surface area contributed by atoms with E-state index in [-0.39, 0.29) is 39.9 Å². The van der Waals surface area contributed by atoms with Gasteiger partial charge >= 0.3 is 5.97 Å². The smallest absolute Gasteiger partial charge is 0.339 e. The third-order valence-electron chi connectivity index (χ3n) is 3.74. The van der Waals surface area contributed by atoms with Crippen LogP contribution < -0.4 is 5.43 Å². The number of aromatic hydroxyl groups is 1. The topological polar surface area (TPSA) is 97.0 Å². The Morgan fingerprint density at radius 2 is 2.00 bits per heavy atom. The van der Waals surface area contributed by atoms with Crippen molar-refractivity contribution in [2.24, 2.45) is 0 Å². The summed E-state index contributed by atoms with van der Waals surface area (Å²) in [5.74, 6) is -0.958. The third-order valence-corrected chi connectivity index (χ3v) is 4.52. The van der Waals surface area contributed by atoms with Crippen LogP contribution >= 0.6 is 11.8 Å². The van der Waals surface area contributed by atoms with E-state index in [0.717, 1.165) is 0 Å². The fourth-order valence-corrected chi connectivity index (χ4v) is 3.24. The maximum atomic E-state index is 12.9. The molecule has 7 heteroatoms. The molecule has 0 radical (unpaired) electrons. The normalized spacial score (nSPS) is 11.1. The van der Waals surface area contributed by atoms with Gasteiger partial charge in [0.2, 0.25) is 5.43 Å². The quantitative estimate of drug-likeness (QED) is 0.427. The number of carbonyl (C=O) groups is 1. The Labute approximate surface area is 140 Å². The Kier molecular flexibility index (Phi) is 4.21. The lowest BCUT2D eigenvalue weighted by molar-refractivity contribution is 0.0599. The molecule has 0 aliphatic rings. The highest BCUT2D eigenvalue weighted by Gasteiger charge is 2.22. The van der Waals surface area contributed by atoms with Gasteiger partial charge < -0.3 is 19.4 Å². The van der Waals surface area contributed by atoms with Gasteiger partial charge in [-0.3, -0.25) is 4.79 Å². The summed E-state index contributed by atoms with van der Waals surface area (Å²) in [4.78, 5) is 25.7. The Morgan fingerprint density at radius 1 is 1.25 bits per heavy atom. The maximum Gasteiger partial charge on any atom is 0.339 e. The summed E-state index contributed by atoms with van der Waals surface area (Å²) in [5.41, 5.74) is 0.356. The number of esters is 1. The zero-order valence-electron chi connectivity index (χ0n) is 13.0. The first kappa shape index (κ1) is 16.4. The van der Waals surface area contributed by atoms with E-state index in [1.165, 1.54) is 31.0 Å². The molecule has 0 fully saturated rings. The van der Waals surface area contributed by atoms with Gasteiger partial charge in [0.25, 0.3) is 0 Å². The van der Waals surface area contributed by atoms with E-state index in [4.69, 9.17) is 9.15 Å². The Balaban J connectivity index is 2.54. The Morgan fingerprint density at radius 3 is 2.62 bits per heavy atom. The van der Waals surface area contributed by atoms with Crippen LogP contribution in [-0.4, -0.2) is 29.5 Å². The predicted molar refractivity (Wildman–Crippen MR) is 90.7 cm³/mol. The number of aliphatic hydroxyl groups is 1. The number of methoxy groups -OCH3 is 1. The number of hydrogen-bond acceptors (Lipinski definition) is 7. The maximum absolute atomic E-state index is 12.9. The molecule has 0 aliphatic carbocycles. The molecule has 0 saturated heterocycles. The highest BCUT2D eigenvalue weighted by atomic mass is 32.2. The average Bonchev–Trinajstić information content (AvgIpc) is 2.59. The fraction of sp³-hybridized carbons (Fsp3) is 0.176. The van der Waals surface area contributed by atoms with Gasteiger partial charge in [-0.05, 0) is 36.1 Å². The summed E-state index contributed by atoms with van der Waals surface area (Å²) in [7, 11) is 1.24. The van der Waals surface area contributed by atoms with Crippen molar-refractivity contribution in [3.63, 3.8) is 0 Å². The van der Waals surface area contributed by atoms with Gasteiger partial charge in [0.1, 0.15) is 22.3 Å². The van der Waals surface area contributed by atoms with Crippen molar-refractivity contribution in [2.75, 3.05) is 13.4 Å². The number of thioether (sulfide) groups is 1. The molecule has 24 heavy (non-hydrogen) atoms. The van der Waals surface area contributed by atoms with E-state index >= 15 is 0 Å². The number of hydrogen-bond donors (Lipinski definition) is 2. The molecule has 0 saturated carbocycles. The van der Waals surface area contributed by atoms with Crippen LogP contribution in [0.3, 0.4) is 0 Å². The van der Waals surface area contributed by atoms with Crippen molar-refractivity contribution in [1.82, 2.24) is 0 Å². The second kappa shape index (κ2) is 6.18. The van der Waals surface area contributed by atoms with Crippen molar-refractivity contribution in [1.29, 1.82) is 0 Å². The summed E-state index contributed by atoms with van der Waals surface area (Å²) in [6, 6.07) is 6.04. The molecule has 0 aliphatic heterocycles. The van der Waals surface area contributed by atoms with Crippen LogP contribution in [0, 0.1) is 0 Å². The van der Waals surface area contributed by atoms with Crippen molar-refractivity contribution in [2.45, 2.75) is 11.5 Å². The zero-order chi connectivity index (χ0) is 17.4. The minimum absolute atomic E-state index is 0.0388. The number of phenols is 1. The molecule has 0 amide bonds. The summed E-state index contributed by atoms with van der Waals surface area (Å²) >= 11 is 1.30. The van der Waals surface area contributed by atoms with Gasteiger partial charge in [-0.2, -0.15) is 0 Å². The molecule has 0 unspecified atom stereocenters. The molecule has 6 nitrogen and oxygen atoms in total. The first-order valence-corrected chi connectivity index (χ1v) is 8.22. The van der Waals surface area contributed by atoms with Crippen LogP contribution in [0.25, 0.3) is 21.9 Å². The van der Waals surface area contributed by atoms with Gasteiger partial charge in [0.15, 0.2) is 0 Å². The Bertz CT molecular complexity index is 1020. The molecule has 0 bridgehead atoms. The molecular weight excluding hydrogens is 332 g/mol. The van der Waals surface area contributed by atoms with Crippen LogP contribution in [0.1, 0.15) is 15.9 Å². The van der Waals surface area contributed by atoms with E-state index in [2.05, 4.69) is 0 Å². The largest absolute Gasteiger partial charge is 0.507 e. The third kappa shape index (κ3) is 2.42. The monoisotopic (exact) mass is 346 g/mol. The number of rotatable bonds is 3. The summed E-state index contributed by atoms with van der Waals surface area (Å²) in [5, 5.41) is 19.4. The lowest BCUT2D eigenvalue weighted by Crippen LogP contribution is -2.12. The average molecular weight is 346 g/mol. The predicted octanol–water partition coefficient (Wildman–Crippen LogP) is 2.65. The number of phenolic OH excluding ortho intramolecular Hbond substituents is 1. The first-order chi connectivity index (χ1) is 11.5. The van der Waals surface area contributed by atoms with E-state index in [1.807, 2.05) is 0 Å². The van der Waals surface area contributed by atoms with Gasteiger partial charge in [-0.25, -0.2) is 4.79 Å². The van der Waals surface area contributed by atoms with Crippen molar-refractivity contribution in [3.8, 4) is 5.75 Å². The zero-order valence-corrected chi connectivity index (χ0v) is 13.8. The molecule has 124 valence electrons. The number of carbonyl (C=O) groups excluding carboxylic acids is 1. The fourth-order valence-electron chi connectivity index (χ4n) is 2.65. The molecule has 0 spiro atoms. The summed E-state index contributed by atoms with van der Waals surface area (Å²) < 4.78 is 10.5. The van der Waals surface area contributed by atoms with Crippen molar-refractivity contribution < 1.29 is 24.2 Å². The molecule has 3 rings (SSSR count). The van der Waals surface area contributed by atoms with Crippen LogP contribution in [0.2, 0.25) is 0 Å². The Hall–Kier alpha value is -2.51. The van der Waals surface area contributed by atoms with Crippen molar-refractivity contribution >= 4 is 39.7 Å². The highest BCUT2D eigenvalue weighted by Crippen LogP contribution is 2.32. The molecule has 1 heterocycles. The molecule has 2 aromatic carbocycles. The van der Waals surface area contributed by atoms with Crippen molar-refractivity contribution in [3.05, 3.63) is 45.6 Å². The van der Waals surface area contributed by atoms with E-state index in [9.17, 15) is 19.8 Å². The lowest BCUT2D eigenvalue weighted by atomic mass is 10.0. The minimum atomic E-state index is -0.650. The minimum Gasteiger partial charge on any atom is -0.507 e. The van der Waals surface area contributed by atoms with Crippen LogP contribution in [0.5, 0.6) is 5.75 Å². The first-order valence-electron chi connectivity index (χ1n) is 7.00. The SMILES string of the molecule is COC(=O)c1c(SC)ccc2oc3cc(CO)cc(O)c3c(=O)c12. The van der Waals surface area contributed by atoms with E-state index in [0.29, 0.717) is 10.5 Å². The molecule has 0 atom stereocenters. The van der Waals surface area contributed by atoms with Gasteiger partial charge in [0.05, 0.1) is 24.7 Å². The molecular formula is C17H14O6S. The van der Waals surface area contributed by atoms with E-state index in [1.54, 1.807) is 18.4 Å². The van der Waals surface area contributed by atoms with Gasteiger partial charge in [-0.15, -0.1) is 11.8 Å². The summed E-state index contributed by atoms with van der Waals surface area (Å²) in [6.45, 7) is -0.302. The van der Waals surface area contributed by atoms with Crippen LogP contribution in [0.15, 0.2) is 38.4 Å². The molecule has 3 aromatic rings. The highest BCUT2D eigenvalue weighted by molar-refractivity contribution is 7.98. The standard InChI is InChI=1S/C17H14O6S/c1-22-17(21)15-12(24-2)4-3-10-14(15)16(20)13-9(19)5-8(7-18)6-11(13)23-10/h3-6,18-19H,7H2,1-2H3. The lowest BCUT2D eigenvalue weighted by Gasteiger charge is -2.10. The second-order valence-electron chi connectivity index (χ2n) is 5.08. The molecule has 2 N–H and O–H groups in total. The summed E-state index contributed by atoms with van der Waals surface area (Å²) in [6.07, 6.45) is 1.78. The molecule has 1 aromatic heterocycles. The van der Waals surface area contributed by atoms with Gasteiger partial charge in [0, 0.05) is 4.90 Å². The number of fused-ring (bicyclic) bond motifs is 2. The van der Waals surface area contributed by atoms with Crippen LogP contribution in [-0.2, 0) is 11.3 Å². The van der Waals surface area contributed by atoms with Crippen LogP contribution in [0.4, 0.5) is 0 Å². The number of benzene rings is 2. The second-order valence-corrected chi connectivity index (χ2v) is 5.93.